The number of hydrogen-bond donors (Lipinski definition) is 2. The number of pyridine rings is 1. The zero-order chi connectivity index (χ0) is 20.3. The molecule has 0 aliphatic carbocycles. The number of benzene rings is 1. The van der Waals surface area contributed by atoms with E-state index in [0.29, 0.717) is 31.0 Å². The van der Waals surface area contributed by atoms with E-state index < -0.39 is 17.2 Å². The first kappa shape index (κ1) is 19.3. The van der Waals surface area contributed by atoms with Gasteiger partial charge in [0.2, 0.25) is 0 Å². The van der Waals surface area contributed by atoms with Gasteiger partial charge in [-0.25, -0.2) is 9.78 Å². The van der Waals surface area contributed by atoms with Crippen molar-refractivity contribution in [2.24, 2.45) is 0 Å². The number of aromatic amines is 1. The second-order valence-electron chi connectivity index (χ2n) is 6.39. The summed E-state index contributed by atoms with van der Waals surface area (Å²) in [6, 6.07) is 6.91. The van der Waals surface area contributed by atoms with E-state index in [1.807, 2.05) is 32.9 Å². The van der Waals surface area contributed by atoms with Gasteiger partial charge in [0, 0.05) is 12.7 Å². The SMILES string of the molecule is CCCn1c(=O)[nH]c(=O)c2cc(C(=O)Nc3ccc(C)cc3OCC)cnc21. The Kier molecular flexibility index (Phi) is 5.58. The first-order valence-corrected chi connectivity index (χ1v) is 9.12. The monoisotopic (exact) mass is 382 g/mol. The topological polar surface area (TPSA) is 106 Å². The molecule has 0 atom stereocenters. The molecular formula is C20H22N4O4. The number of amides is 1. The molecule has 2 heterocycles. The molecule has 0 aliphatic rings. The summed E-state index contributed by atoms with van der Waals surface area (Å²) in [5.41, 5.74) is 0.932. The Morgan fingerprint density at radius 2 is 2.04 bits per heavy atom. The van der Waals surface area contributed by atoms with Gasteiger partial charge in [0.1, 0.15) is 11.4 Å². The van der Waals surface area contributed by atoms with E-state index in [9.17, 15) is 14.4 Å². The number of ether oxygens (including phenoxy) is 1. The smallest absolute Gasteiger partial charge is 0.329 e. The van der Waals surface area contributed by atoms with Crippen LogP contribution in [0.2, 0.25) is 0 Å². The summed E-state index contributed by atoms with van der Waals surface area (Å²) in [5.74, 6) is 0.145. The van der Waals surface area contributed by atoms with E-state index in [2.05, 4.69) is 15.3 Å². The van der Waals surface area contributed by atoms with Crippen molar-refractivity contribution < 1.29 is 9.53 Å². The number of rotatable bonds is 6. The van der Waals surface area contributed by atoms with Gasteiger partial charge in [0.05, 0.1) is 23.2 Å². The molecular weight excluding hydrogens is 360 g/mol. The van der Waals surface area contributed by atoms with Crippen LogP contribution < -0.4 is 21.3 Å². The van der Waals surface area contributed by atoms with Gasteiger partial charge in [-0.1, -0.05) is 13.0 Å². The molecule has 0 aliphatic heterocycles. The van der Waals surface area contributed by atoms with Gasteiger partial charge >= 0.3 is 5.69 Å². The van der Waals surface area contributed by atoms with Crippen LogP contribution in [0.5, 0.6) is 5.75 Å². The number of nitrogens with one attached hydrogen (secondary N) is 2. The number of carbonyl (C=O) groups excluding carboxylic acids is 1. The number of hydrogen-bond acceptors (Lipinski definition) is 5. The lowest BCUT2D eigenvalue weighted by Crippen LogP contribution is -2.31. The van der Waals surface area contributed by atoms with Gasteiger partial charge < -0.3 is 10.1 Å². The van der Waals surface area contributed by atoms with Crippen molar-refractivity contribution in [2.45, 2.75) is 33.7 Å². The van der Waals surface area contributed by atoms with Crippen LogP contribution in [0.4, 0.5) is 5.69 Å². The lowest BCUT2D eigenvalue weighted by atomic mass is 10.2. The maximum atomic E-state index is 12.7. The Bertz CT molecular complexity index is 1150. The van der Waals surface area contributed by atoms with E-state index >= 15 is 0 Å². The van der Waals surface area contributed by atoms with Crippen molar-refractivity contribution in [3.05, 3.63) is 62.4 Å². The minimum absolute atomic E-state index is 0.189. The molecule has 0 bridgehead atoms. The van der Waals surface area contributed by atoms with Crippen molar-refractivity contribution in [3.8, 4) is 5.75 Å². The van der Waals surface area contributed by atoms with Crippen molar-refractivity contribution >= 4 is 22.6 Å². The number of carbonyl (C=O) groups is 1. The largest absolute Gasteiger partial charge is 0.492 e. The van der Waals surface area contributed by atoms with Gasteiger partial charge in [-0.2, -0.15) is 0 Å². The van der Waals surface area contributed by atoms with E-state index in [1.54, 1.807) is 6.07 Å². The molecule has 3 rings (SSSR count). The van der Waals surface area contributed by atoms with Crippen LogP contribution >= 0.6 is 0 Å². The zero-order valence-electron chi connectivity index (χ0n) is 16.0. The van der Waals surface area contributed by atoms with Crippen molar-refractivity contribution in [1.29, 1.82) is 0 Å². The van der Waals surface area contributed by atoms with Crippen LogP contribution in [0.3, 0.4) is 0 Å². The molecule has 3 aromatic rings. The summed E-state index contributed by atoms with van der Waals surface area (Å²) in [6.45, 7) is 6.61. The standard InChI is InChI=1S/C20H22N4O4/c1-4-8-24-17-14(19(26)23-20(24)27)10-13(11-21-17)18(25)22-15-7-6-12(3)9-16(15)28-5-2/h6-7,9-11H,4-5,8H2,1-3H3,(H,22,25)(H,23,26,27). The summed E-state index contributed by atoms with van der Waals surface area (Å²) in [6.07, 6.45) is 2.07. The molecule has 28 heavy (non-hydrogen) atoms. The summed E-state index contributed by atoms with van der Waals surface area (Å²) >= 11 is 0. The van der Waals surface area contributed by atoms with Gasteiger partial charge in [0.15, 0.2) is 0 Å². The van der Waals surface area contributed by atoms with Crippen molar-refractivity contribution in [1.82, 2.24) is 14.5 Å². The third kappa shape index (κ3) is 3.80. The highest BCUT2D eigenvalue weighted by Crippen LogP contribution is 2.26. The van der Waals surface area contributed by atoms with Crippen LogP contribution in [0, 0.1) is 6.92 Å². The van der Waals surface area contributed by atoms with E-state index in [4.69, 9.17) is 4.74 Å². The number of aromatic nitrogens is 3. The molecule has 1 amide bonds. The van der Waals surface area contributed by atoms with Gasteiger partial charge in [-0.3, -0.25) is 19.1 Å². The Hall–Kier alpha value is -3.42. The molecule has 0 spiro atoms. The fourth-order valence-corrected chi connectivity index (χ4v) is 2.93. The lowest BCUT2D eigenvalue weighted by molar-refractivity contribution is 0.102. The molecule has 8 nitrogen and oxygen atoms in total. The fourth-order valence-electron chi connectivity index (χ4n) is 2.93. The zero-order valence-corrected chi connectivity index (χ0v) is 16.0. The van der Waals surface area contributed by atoms with Crippen molar-refractivity contribution in [2.75, 3.05) is 11.9 Å². The molecule has 1 aromatic carbocycles. The summed E-state index contributed by atoms with van der Waals surface area (Å²) in [4.78, 5) is 43.4. The highest BCUT2D eigenvalue weighted by molar-refractivity contribution is 6.06. The second kappa shape index (κ2) is 8.08. The minimum Gasteiger partial charge on any atom is -0.492 e. The number of H-pyrrole nitrogens is 1. The normalized spacial score (nSPS) is 10.8. The predicted molar refractivity (Wildman–Crippen MR) is 107 cm³/mol. The van der Waals surface area contributed by atoms with Gasteiger partial charge in [-0.15, -0.1) is 0 Å². The lowest BCUT2D eigenvalue weighted by Gasteiger charge is -2.13. The van der Waals surface area contributed by atoms with Crippen LogP contribution in [0.1, 0.15) is 36.2 Å². The third-order valence-corrected chi connectivity index (χ3v) is 4.23. The summed E-state index contributed by atoms with van der Waals surface area (Å²) < 4.78 is 6.97. The highest BCUT2D eigenvalue weighted by Gasteiger charge is 2.14. The van der Waals surface area contributed by atoms with Gasteiger partial charge in [-0.05, 0) is 44.0 Å². The molecule has 0 radical (unpaired) electrons. The number of aryl methyl sites for hydroxylation is 2. The van der Waals surface area contributed by atoms with Crippen LogP contribution in [0.25, 0.3) is 11.0 Å². The molecule has 0 fully saturated rings. The Morgan fingerprint density at radius 1 is 1.25 bits per heavy atom. The van der Waals surface area contributed by atoms with E-state index in [0.717, 1.165) is 5.56 Å². The molecule has 8 heteroatoms. The second-order valence-corrected chi connectivity index (χ2v) is 6.39. The van der Waals surface area contributed by atoms with Crippen LogP contribution in [-0.4, -0.2) is 27.0 Å². The number of fused-ring (bicyclic) bond motifs is 1. The highest BCUT2D eigenvalue weighted by atomic mass is 16.5. The van der Waals surface area contributed by atoms with E-state index in [1.165, 1.54) is 16.8 Å². The average Bonchev–Trinajstić information content (AvgIpc) is 2.67. The summed E-state index contributed by atoms with van der Waals surface area (Å²) in [5, 5.41) is 2.98. The van der Waals surface area contributed by atoms with Crippen LogP contribution in [0.15, 0.2) is 40.1 Å². The Morgan fingerprint density at radius 3 is 2.75 bits per heavy atom. The fraction of sp³-hybridized carbons (Fsp3) is 0.300. The Balaban J connectivity index is 1.99. The quantitative estimate of drug-likeness (QED) is 0.681. The Labute approximate surface area is 161 Å². The minimum atomic E-state index is -0.570. The third-order valence-electron chi connectivity index (χ3n) is 4.23. The first-order valence-electron chi connectivity index (χ1n) is 9.12. The maximum Gasteiger partial charge on any atom is 0.329 e. The maximum absolute atomic E-state index is 12.7. The molecule has 2 aromatic heterocycles. The predicted octanol–water partition coefficient (Wildman–Crippen LogP) is 2.45. The molecule has 2 N–H and O–H groups in total. The average molecular weight is 382 g/mol. The molecule has 0 unspecified atom stereocenters. The molecule has 0 saturated heterocycles. The molecule has 0 saturated carbocycles. The van der Waals surface area contributed by atoms with E-state index in [-0.39, 0.29) is 16.6 Å². The van der Waals surface area contributed by atoms with Crippen molar-refractivity contribution in [3.63, 3.8) is 0 Å². The molecule has 146 valence electrons. The van der Waals surface area contributed by atoms with Crippen LogP contribution in [-0.2, 0) is 6.54 Å². The van der Waals surface area contributed by atoms with Gasteiger partial charge in [0.25, 0.3) is 11.5 Å². The summed E-state index contributed by atoms with van der Waals surface area (Å²) in [7, 11) is 0. The number of anilines is 1. The first-order chi connectivity index (χ1) is 13.4. The number of nitrogens with zero attached hydrogens (tertiary/aromatic N) is 2.